The van der Waals surface area contributed by atoms with Crippen molar-refractivity contribution >= 4 is 34.5 Å². The number of methoxy groups -OCH3 is 1. The van der Waals surface area contributed by atoms with Gasteiger partial charge in [-0.05, 0) is 30.7 Å². The number of hydrogen-bond donors (Lipinski definition) is 1. The van der Waals surface area contributed by atoms with Crippen LogP contribution < -0.4 is 19.7 Å². The van der Waals surface area contributed by atoms with Gasteiger partial charge < -0.3 is 19.5 Å². The van der Waals surface area contributed by atoms with Gasteiger partial charge in [-0.1, -0.05) is 12.1 Å². The van der Waals surface area contributed by atoms with E-state index < -0.39 is 6.04 Å². The molecule has 2 aromatic carbocycles. The molecule has 1 aromatic heterocycles. The summed E-state index contributed by atoms with van der Waals surface area (Å²) < 4.78 is 18.1. The van der Waals surface area contributed by atoms with E-state index in [1.165, 1.54) is 0 Å². The third-order valence-corrected chi connectivity index (χ3v) is 5.62. The Morgan fingerprint density at radius 2 is 2.00 bits per heavy atom. The number of nitrogens with zero attached hydrogens (tertiary/aromatic N) is 3. The van der Waals surface area contributed by atoms with E-state index in [2.05, 4.69) is 10.3 Å². The van der Waals surface area contributed by atoms with Crippen molar-refractivity contribution in [2.75, 3.05) is 43.7 Å². The number of anilines is 2. The molecule has 2 amide bonds. The first-order chi connectivity index (χ1) is 15.7. The molecular formula is C23H24N4O5. The maximum Gasteiger partial charge on any atom is 0.253 e. The molecule has 3 aromatic rings. The maximum atomic E-state index is 13.2. The van der Waals surface area contributed by atoms with E-state index in [-0.39, 0.29) is 18.2 Å². The lowest BCUT2D eigenvalue weighted by Gasteiger charge is -2.19. The van der Waals surface area contributed by atoms with E-state index in [1.807, 2.05) is 28.8 Å². The fourth-order valence-corrected chi connectivity index (χ4v) is 4.18. The van der Waals surface area contributed by atoms with Crippen LogP contribution in [0.4, 0.5) is 11.6 Å². The molecule has 9 heteroatoms. The van der Waals surface area contributed by atoms with E-state index in [0.717, 1.165) is 11.0 Å². The van der Waals surface area contributed by atoms with Crippen molar-refractivity contribution in [1.29, 1.82) is 0 Å². The zero-order valence-electron chi connectivity index (χ0n) is 17.7. The number of amides is 2. The minimum Gasteiger partial charge on any atom is -0.486 e. The zero-order valence-corrected chi connectivity index (χ0v) is 17.7. The van der Waals surface area contributed by atoms with Gasteiger partial charge in [0.1, 0.15) is 19.3 Å². The lowest BCUT2D eigenvalue weighted by molar-refractivity contribution is -0.124. The van der Waals surface area contributed by atoms with Crippen molar-refractivity contribution in [3.05, 3.63) is 42.5 Å². The van der Waals surface area contributed by atoms with E-state index >= 15 is 0 Å². The second-order valence-corrected chi connectivity index (χ2v) is 7.73. The second-order valence-electron chi connectivity index (χ2n) is 7.73. The summed E-state index contributed by atoms with van der Waals surface area (Å²) in [7, 11) is 1.63. The molecule has 0 fully saturated rings. The van der Waals surface area contributed by atoms with Crippen LogP contribution in [0.1, 0.15) is 18.9 Å². The fourth-order valence-electron chi connectivity index (χ4n) is 4.18. The molecule has 1 N–H and O–H groups in total. The van der Waals surface area contributed by atoms with Crippen molar-refractivity contribution in [1.82, 2.24) is 9.55 Å². The number of carbonyl (C=O) groups is 2. The van der Waals surface area contributed by atoms with Crippen LogP contribution in [-0.2, 0) is 14.3 Å². The van der Waals surface area contributed by atoms with Gasteiger partial charge in [-0.15, -0.1) is 0 Å². The Morgan fingerprint density at radius 3 is 2.84 bits per heavy atom. The van der Waals surface area contributed by atoms with Gasteiger partial charge in [0.25, 0.3) is 5.91 Å². The highest BCUT2D eigenvalue weighted by Gasteiger charge is 2.40. The molecule has 2 aliphatic rings. The third kappa shape index (κ3) is 3.64. The molecular weight excluding hydrogens is 412 g/mol. The average molecular weight is 436 g/mol. The number of ether oxygens (including phenoxy) is 3. The van der Waals surface area contributed by atoms with Crippen LogP contribution in [-0.4, -0.2) is 54.8 Å². The Labute approximate surface area is 184 Å². The molecule has 0 bridgehead atoms. The van der Waals surface area contributed by atoms with Crippen LogP contribution in [0.3, 0.4) is 0 Å². The van der Waals surface area contributed by atoms with Gasteiger partial charge in [0.15, 0.2) is 11.5 Å². The van der Waals surface area contributed by atoms with Crippen LogP contribution in [0.25, 0.3) is 11.0 Å². The van der Waals surface area contributed by atoms with E-state index in [1.54, 1.807) is 30.2 Å². The maximum absolute atomic E-state index is 13.2. The molecule has 0 aliphatic carbocycles. The van der Waals surface area contributed by atoms with Crippen LogP contribution >= 0.6 is 0 Å². The first-order valence-corrected chi connectivity index (χ1v) is 10.6. The van der Waals surface area contributed by atoms with E-state index in [0.29, 0.717) is 55.9 Å². The van der Waals surface area contributed by atoms with Crippen molar-refractivity contribution < 1.29 is 23.8 Å². The molecule has 1 atom stereocenters. The topological polar surface area (TPSA) is 94.9 Å². The summed E-state index contributed by atoms with van der Waals surface area (Å²) >= 11 is 0. The second kappa shape index (κ2) is 8.51. The number of carbonyl (C=O) groups excluding carboxylic acids is 2. The normalized spacial score (nSPS) is 17.0. The molecule has 5 rings (SSSR count). The Hall–Kier alpha value is -3.59. The summed E-state index contributed by atoms with van der Waals surface area (Å²) in [6.45, 7) is 2.00. The van der Waals surface area contributed by atoms with E-state index in [9.17, 15) is 9.59 Å². The SMILES string of the molecule is COCCCN1C(=O)[C@@H](CC(=O)Nc2ccc3c(c2)OCCO3)n2c1nc1ccccc12. The van der Waals surface area contributed by atoms with Gasteiger partial charge in [-0.2, -0.15) is 0 Å². The minimum atomic E-state index is -0.655. The fraction of sp³-hybridized carbons (Fsp3) is 0.348. The van der Waals surface area contributed by atoms with Crippen LogP contribution in [0, 0.1) is 0 Å². The van der Waals surface area contributed by atoms with Crippen LogP contribution in [0.2, 0.25) is 0 Å². The average Bonchev–Trinajstić information content (AvgIpc) is 3.29. The predicted octanol–water partition coefficient (Wildman–Crippen LogP) is 2.76. The van der Waals surface area contributed by atoms with Crippen molar-refractivity contribution in [3.63, 3.8) is 0 Å². The lowest BCUT2D eigenvalue weighted by atomic mass is 10.1. The van der Waals surface area contributed by atoms with Gasteiger partial charge in [0.2, 0.25) is 11.9 Å². The Morgan fingerprint density at radius 1 is 1.19 bits per heavy atom. The number of benzene rings is 2. The summed E-state index contributed by atoms with van der Waals surface area (Å²) in [4.78, 5) is 32.5. The van der Waals surface area contributed by atoms with Gasteiger partial charge in [-0.25, -0.2) is 4.98 Å². The van der Waals surface area contributed by atoms with Crippen molar-refractivity contribution in [2.24, 2.45) is 0 Å². The molecule has 0 saturated carbocycles. The number of fused-ring (bicyclic) bond motifs is 4. The first-order valence-electron chi connectivity index (χ1n) is 10.6. The highest BCUT2D eigenvalue weighted by molar-refractivity contribution is 6.05. The van der Waals surface area contributed by atoms with Gasteiger partial charge in [-0.3, -0.25) is 19.1 Å². The highest BCUT2D eigenvalue weighted by Crippen LogP contribution is 2.37. The summed E-state index contributed by atoms with van der Waals surface area (Å²) in [6, 6.07) is 12.2. The Balaban J connectivity index is 1.38. The molecule has 2 aliphatic heterocycles. The number of para-hydroxylation sites is 2. The van der Waals surface area contributed by atoms with Crippen LogP contribution in [0.15, 0.2) is 42.5 Å². The number of imidazole rings is 1. The molecule has 9 nitrogen and oxygen atoms in total. The monoisotopic (exact) mass is 436 g/mol. The minimum absolute atomic E-state index is 0.00140. The molecule has 0 unspecified atom stereocenters. The van der Waals surface area contributed by atoms with Crippen molar-refractivity contribution in [3.8, 4) is 11.5 Å². The summed E-state index contributed by atoms with van der Waals surface area (Å²) in [5.41, 5.74) is 2.23. The largest absolute Gasteiger partial charge is 0.486 e. The lowest BCUT2D eigenvalue weighted by Crippen LogP contribution is -2.32. The van der Waals surface area contributed by atoms with Gasteiger partial charge >= 0.3 is 0 Å². The molecule has 0 saturated heterocycles. The van der Waals surface area contributed by atoms with Crippen molar-refractivity contribution in [2.45, 2.75) is 18.9 Å². The highest BCUT2D eigenvalue weighted by atomic mass is 16.6. The summed E-state index contributed by atoms with van der Waals surface area (Å²) in [5, 5.41) is 2.88. The predicted molar refractivity (Wildman–Crippen MR) is 118 cm³/mol. The standard InChI is InChI=1S/C23H24N4O5/c1-30-10-4-9-26-22(29)18(27-17-6-3-2-5-16(17)25-23(26)27)14-21(28)24-15-7-8-19-20(13-15)32-12-11-31-19/h2-3,5-8,13,18H,4,9-12,14H2,1H3,(H,24,28)/t18-/m1/s1. The molecule has 32 heavy (non-hydrogen) atoms. The number of rotatable bonds is 7. The van der Waals surface area contributed by atoms with E-state index in [4.69, 9.17) is 14.2 Å². The number of hydrogen-bond acceptors (Lipinski definition) is 6. The molecule has 166 valence electrons. The smallest absolute Gasteiger partial charge is 0.253 e. The molecule has 3 heterocycles. The quantitative estimate of drug-likeness (QED) is 0.573. The Bertz CT molecular complexity index is 1170. The molecule has 0 spiro atoms. The van der Waals surface area contributed by atoms with Crippen LogP contribution in [0.5, 0.6) is 11.5 Å². The van der Waals surface area contributed by atoms with Gasteiger partial charge in [0.05, 0.1) is 17.5 Å². The number of nitrogens with one attached hydrogen (secondary N) is 1. The number of aromatic nitrogens is 2. The molecule has 0 radical (unpaired) electrons. The zero-order chi connectivity index (χ0) is 22.1. The Kier molecular flexibility index (Phi) is 5.40. The van der Waals surface area contributed by atoms with Gasteiger partial charge in [0, 0.05) is 32.0 Å². The third-order valence-electron chi connectivity index (χ3n) is 5.62. The summed E-state index contributed by atoms with van der Waals surface area (Å²) in [6.07, 6.45) is 0.683. The first kappa shape index (κ1) is 20.3. The summed E-state index contributed by atoms with van der Waals surface area (Å²) in [5.74, 6) is 1.43.